The summed E-state index contributed by atoms with van der Waals surface area (Å²) < 4.78 is 5.59. The molecule has 2 aliphatic rings. The highest BCUT2D eigenvalue weighted by Gasteiger charge is 2.35. The summed E-state index contributed by atoms with van der Waals surface area (Å²) in [6.45, 7) is -0.0283. The molecule has 1 aromatic carbocycles. The first-order valence-corrected chi connectivity index (χ1v) is 8.40. The monoisotopic (exact) mass is 330 g/mol. The summed E-state index contributed by atoms with van der Waals surface area (Å²) in [5.74, 6) is 0.425. The summed E-state index contributed by atoms with van der Waals surface area (Å²) in [5, 5.41) is 9.19. The zero-order valence-corrected chi connectivity index (χ0v) is 13.7. The molecule has 1 fully saturated rings. The molecular formula is C18H19ClN2O2. The van der Waals surface area contributed by atoms with Crippen molar-refractivity contribution in [3.05, 3.63) is 40.6 Å². The highest BCUT2D eigenvalue weighted by atomic mass is 35.5. The third kappa shape index (κ3) is 3.86. The van der Waals surface area contributed by atoms with E-state index in [1.54, 1.807) is 18.2 Å². The van der Waals surface area contributed by atoms with Gasteiger partial charge in [-0.25, -0.2) is 0 Å². The van der Waals surface area contributed by atoms with Crippen LogP contribution in [0.1, 0.15) is 44.1 Å². The number of amides is 1. The normalized spacial score (nSPS) is 17.1. The summed E-state index contributed by atoms with van der Waals surface area (Å²) in [6, 6.07) is 7.17. The van der Waals surface area contributed by atoms with E-state index in [-0.39, 0.29) is 12.5 Å². The van der Waals surface area contributed by atoms with E-state index in [9.17, 15) is 4.79 Å². The molecule has 1 amide bonds. The van der Waals surface area contributed by atoms with Gasteiger partial charge in [-0.2, -0.15) is 5.26 Å². The fourth-order valence-corrected chi connectivity index (χ4v) is 3.10. The van der Waals surface area contributed by atoms with Gasteiger partial charge in [0.25, 0.3) is 5.91 Å². The predicted octanol–water partition coefficient (Wildman–Crippen LogP) is 4.04. The minimum atomic E-state index is -0.0283. The molecule has 0 saturated heterocycles. The van der Waals surface area contributed by atoms with Crippen LogP contribution in [0, 0.1) is 11.3 Å². The van der Waals surface area contributed by atoms with Gasteiger partial charge in [0.15, 0.2) is 6.61 Å². The minimum absolute atomic E-state index is 0.0129. The average Bonchev–Trinajstić information content (AvgIpc) is 3.39. The molecule has 120 valence electrons. The maximum Gasteiger partial charge on any atom is 0.264 e. The van der Waals surface area contributed by atoms with Gasteiger partial charge in [0.2, 0.25) is 0 Å². The third-order valence-electron chi connectivity index (χ3n) is 4.17. The van der Waals surface area contributed by atoms with E-state index in [1.807, 2.05) is 11.0 Å². The highest BCUT2D eigenvalue weighted by Crippen LogP contribution is 2.34. The number of hydrogen-bond donors (Lipinski definition) is 0. The first kappa shape index (κ1) is 15.9. The Morgan fingerprint density at radius 2 is 2.22 bits per heavy atom. The molecular weight excluding hydrogens is 312 g/mol. The molecule has 1 saturated carbocycles. The number of ether oxygens (including phenoxy) is 1. The van der Waals surface area contributed by atoms with Crippen LogP contribution < -0.4 is 4.74 Å². The molecule has 0 N–H and O–H groups in total. The second kappa shape index (κ2) is 7.06. The highest BCUT2D eigenvalue weighted by molar-refractivity contribution is 6.32. The van der Waals surface area contributed by atoms with Crippen molar-refractivity contribution in [2.45, 2.75) is 44.6 Å². The van der Waals surface area contributed by atoms with Crippen molar-refractivity contribution in [2.75, 3.05) is 6.61 Å². The summed E-state index contributed by atoms with van der Waals surface area (Å²) >= 11 is 6.08. The molecule has 3 rings (SSSR count). The fraction of sp³-hybridized carbons (Fsp3) is 0.444. The maximum atomic E-state index is 12.6. The average molecular weight is 331 g/mol. The Morgan fingerprint density at radius 3 is 2.83 bits per heavy atom. The molecule has 0 atom stereocenters. The van der Waals surface area contributed by atoms with Gasteiger partial charge >= 0.3 is 0 Å². The van der Waals surface area contributed by atoms with Crippen LogP contribution in [0.15, 0.2) is 30.0 Å². The van der Waals surface area contributed by atoms with E-state index < -0.39 is 0 Å². The first-order chi connectivity index (χ1) is 11.2. The Labute approximate surface area is 141 Å². The van der Waals surface area contributed by atoms with Gasteiger partial charge in [0.05, 0.1) is 16.7 Å². The van der Waals surface area contributed by atoms with E-state index in [1.165, 1.54) is 6.42 Å². The van der Waals surface area contributed by atoms with Crippen LogP contribution in [0.3, 0.4) is 0 Å². The van der Waals surface area contributed by atoms with Crippen molar-refractivity contribution in [1.82, 2.24) is 4.90 Å². The van der Waals surface area contributed by atoms with Gasteiger partial charge in [-0.05, 0) is 56.7 Å². The number of allylic oxidation sites excluding steroid dienone is 2. The third-order valence-corrected chi connectivity index (χ3v) is 4.46. The van der Waals surface area contributed by atoms with Crippen molar-refractivity contribution in [3.8, 4) is 11.8 Å². The Balaban J connectivity index is 1.65. The maximum absolute atomic E-state index is 12.6. The number of carbonyl (C=O) groups is 1. The quantitative estimate of drug-likeness (QED) is 0.818. The van der Waals surface area contributed by atoms with Crippen molar-refractivity contribution < 1.29 is 9.53 Å². The molecule has 0 bridgehead atoms. The molecule has 0 aromatic heterocycles. The van der Waals surface area contributed by atoms with E-state index in [2.05, 4.69) is 6.08 Å². The molecule has 0 unspecified atom stereocenters. The summed E-state index contributed by atoms with van der Waals surface area (Å²) in [4.78, 5) is 14.5. The zero-order valence-electron chi connectivity index (χ0n) is 12.9. The topological polar surface area (TPSA) is 53.3 Å². The van der Waals surface area contributed by atoms with Crippen molar-refractivity contribution in [2.24, 2.45) is 0 Å². The standard InChI is InChI=1S/C18H19ClN2O2/c19-16-10-13(11-20)6-9-17(16)23-12-18(22)21(15-7-8-15)14-4-2-1-3-5-14/h4,6,9-10,15H,1-3,5,7-8,12H2. The lowest BCUT2D eigenvalue weighted by Gasteiger charge is -2.27. The van der Waals surface area contributed by atoms with Crippen LogP contribution in [-0.2, 0) is 4.79 Å². The largest absolute Gasteiger partial charge is 0.482 e. The summed E-state index contributed by atoms with van der Waals surface area (Å²) in [7, 11) is 0. The second-order valence-electron chi connectivity index (χ2n) is 5.98. The van der Waals surface area contributed by atoms with Crippen LogP contribution in [0.4, 0.5) is 0 Å². The lowest BCUT2D eigenvalue weighted by molar-refractivity contribution is -0.132. The number of benzene rings is 1. The summed E-state index contributed by atoms with van der Waals surface area (Å²) in [6.07, 6.45) is 8.70. The Morgan fingerprint density at radius 1 is 1.39 bits per heavy atom. The van der Waals surface area contributed by atoms with Gasteiger partial charge < -0.3 is 9.64 Å². The number of nitrogens with zero attached hydrogens (tertiary/aromatic N) is 2. The van der Waals surface area contributed by atoms with Crippen LogP contribution in [-0.4, -0.2) is 23.5 Å². The lowest BCUT2D eigenvalue weighted by atomic mass is 10.0. The van der Waals surface area contributed by atoms with Crippen LogP contribution >= 0.6 is 11.6 Å². The van der Waals surface area contributed by atoms with E-state index >= 15 is 0 Å². The molecule has 0 heterocycles. The molecule has 23 heavy (non-hydrogen) atoms. The molecule has 4 nitrogen and oxygen atoms in total. The van der Waals surface area contributed by atoms with E-state index in [0.29, 0.717) is 22.4 Å². The Kier molecular flexibility index (Phi) is 4.88. The molecule has 1 aromatic rings. The smallest absolute Gasteiger partial charge is 0.264 e. The SMILES string of the molecule is N#Cc1ccc(OCC(=O)N(C2=CCCCC2)C2CC2)c(Cl)c1. The van der Waals surface area contributed by atoms with Crippen molar-refractivity contribution >= 4 is 17.5 Å². The zero-order chi connectivity index (χ0) is 16.2. The van der Waals surface area contributed by atoms with Gasteiger partial charge in [-0.1, -0.05) is 17.7 Å². The number of hydrogen-bond acceptors (Lipinski definition) is 3. The molecule has 2 aliphatic carbocycles. The van der Waals surface area contributed by atoms with Gasteiger partial charge in [0, 0.05) is 11.7 Å². The second-order valence-corrected chi connectivity index (χ2v) is 6.39. The lowest BCUT2D eigenvalue weighted by Crippen LogP contribution is -2.36. The van der Waals surface area contributed by atoms with Gasteiger partial charge in [-0.15, -0.1) is 0 Å². The number of halogens is 1. The predicted molar refractivity (Wildman–Crippen MR) is 88.1 cm³/mol. The Hall–Kier alpha value is -1.99. The summed E-state index contributed by atoms with van der Waals surface area (Å²) in [5.41, 5.74) is 1.62. The van der Waals surface area contributed by atoms with Crippen LogP contribution in [0.2, 0.25) is 5.02 Å². The molecule has 0 spiro atoms. The number of carbonyl (C=O) groups excluding carboxylic acids is 1. The van der Waals surface area contributed by atoms with E-state index in [4.69, 9.17) is 21.6 Å². The fourth-order valence-electron chi connectivity index (χ4n) is 2.87. The number of rotatable bonds is 5. The van der Waals surface area contributed by atoms with Gasteiger partial charge in [0.1, 0.15) is 5.75 Å². The molecule has 0 aliphatic heterocycles. The molecule has 0 radical (unpaired) electrons. The van der Waals surface area contributed by atoms with Crippen LogP contribution in [0.25, 0.3) is 0 Å². The number of nitriles is 1. The molecule has 5 heteroatoms. The minimum Gasteiger partial charge on any atom is -0.482 e. The Bertz CT molecular complexity index is 674. The van der Waals surface area contributed by atoms with Crippen LogP contribution in [0.5, 0.6) is 5.75 Å². The van der Waals surface area contributed by atoms with Crippen molar-refractivity contribution in [1.29, 1.82) is 5.26 Å². The van der Waals surface area contributed by atoms with Gasteiger partial charge in [-0.3, -0.25) is 4.79 Å². The van der Waals surface area contributed by atoms with E-state index in [0.717, 1.165) is 37.8 Å². The van der Waals surface area contributed by atoms with Crippen molar-refractivity contribution in [3.63, 3.8) is 0 Å². The first-order valence-electron chi connectivity index (χ1n) is 8.02.